The Morgan fingerprint density at radius 3 is 0.650 bits per heavy atom. The number of hydrogen-bond acceptors (Lipinski definition) is 16. The number of nitrogens with zero attached hydrogens (tertiary/aromatic N) is 4. The van der Waals surface area contributed by atoms with Gasteiger partial charge in [-0.15, -0.1) is 0 Å². The van der Waals surface area contributed by atoms with Crippen molar-refractivity contribution in [3.8, 4) is 0 Å². The van der Waals surface area contributed by atoms with Gasteiger partial charge in [0.1, 0.15) is 0 Å². The minimum Gasteiger partial charge on any atom is -0.395 e. The second kappa shape index (κ2) is 32.9. The van der Waals surface area contributed by atoms with Gasteiger partial charge in [-0.3, -0.25) is 19.6 Å². The second-order valence-corrected chi connectivity index (χ2v) is 8.72. The lowest BCUT2D eigenvalue weighted by Gasteiger charge is -2.39. The van der Waals surface area contributed by atoms with Crippen LogP contribution >= 0.6 is 0 Å². The van der Waals surface area contributed by atoms with Crippen LogP contribution < -0.4 is 0 Å². The third kappa shape index (κ3) is 23.0. The van der Waals surface area contributed by atoms with E-state index in [1.165, 1.54) is 4.90 Å². The van der Waals surface area contributed by atoms with E-state index in [0.717, 1.165) is 0 Å². The fraction of sp³-hybridized carbons (Fsp3) is 1.00. The molecule has 0 aromatic carbocycles. The predicted molar refractivity (Wildman–Crippen MR) is 149 cm³/mol. The SMILES string of the molecule is OCCN(CCO)C(CO)(CO)CO.OCCN(CCO)CCN(CCO)CCO.OCCN(CCO)CCO. The van der Waals surface area contributed by atoms with Gasteiger partial charge in [-0.2, -0.15) is 0 Å². The molecular weight excluding hydrogens is 536 g/mol. The van der Waals surface area contributed by atoms with Gasteiger partial charge < -0.3 is 61.3 Å². The van der Waals surface area contributed by atoms with E-state index in [1.807, 2.05) is 9.80 Å². The first-order valence-corrected chi connectivity index (χ1v) is 13.6. The van der Waals surface area contributed by atoms with Gasteiger partial charge in [-0.25, -0.2) is 0 Å². The van der Waals surface area contributed by atoms with Gasteiger partial charge in [0, 0.05) is 72.0 Å². The summed E-state index contributed by atoms with van der Waals surface area (Å²) in [5, 5.41) is 105. The van der Waals surface area contributed by atoms with Gasteiger partial charge in [0.25, 0.3) is 0 Å². The number of β-amino-alcohol motifs (C(OH)–C–C–N with tert-alkyl or cyclic N) is 2. The number of hydrogen-bond donors (Lipinski definition) is 12. The van der Waals surface area contributed by atoms with Gasteiger partial charge in [-0.1, -0.05) is 0 Å². The van der Waals surface area contributed by atoms with E-state index in [4.69, 9.17) is 61.3 Å². The molecule has 16 heteroatoms. The van der Waals surface area contributed by atoms with Gasteiger partial charge in [0.05, 0.1) is 84.8 Å². The number of aliphatic hydroxyl groups excluding tert-OH is 12. The van der Waals surface area contributed by atoms with Crippen molar-refractivity contribution in [3.05, 3.63) is 0 Å². The Morgan fingerprint density at radius 1 is 0.275 bits per heavy atom. The lowest BCUT2D eigenvalue weighted by molar-refractivity contribution is -0.0578. The highest BCUT2D eigenvalue weighted by molar-refractivity contribution is 4.89. The summed E-state index contributed by atoms with van der Waals surface area (Å²) in [4.78, 5) is 7.15. The average Bonchev–Trinajstić information content (AvgIpc) is 2.95. The topological polar surface area (TPSA) is 256 Å². The summed E-state index contributed by atoms with van der Waals surface area (Å²) in [6.45, 7) is 4.33. The average molecular weight is 595 g/mol. The van der Waals surface area contributed by atoms with Crippen molar-refractivity contribution in [1.29, 1.82) is 0 Å². The second-order valence-electron chi connectivity index (χ2n) is 8.72. The molecule has 0 bridgehead atoms. The third-order valence-corrected chi connectivity index (χ3v) is 5.94. The molecule has 0 aliphatic rings. The lowest BCUT2D eigenvalue weighted by Crippen LogP contribution is -2.58. The molecule has 246 valence electrons. The van der Waals surface area contributed by atoms with Crippen LogP contribution in [0.25, 0.3) is 0 Å². The molecular formula is C24H58N4O12. The maximum Gasteiger partial charge on any atom is 0.0908 e. The van der Waals surface area contributed by atoms with Crippen LogP contribution in [0.2, 0.25) is 0 Å². The summed E-state index contributed by atoms with van der Waals surface area (Å²) in [6, 6.07) is 0. The monoisotopic (exact) mass is 594 g/mol. The van der Waals surface area contributed by atoms with E-state index in [2.05, 4.69) is 0 Å². The summed E-state index contributed by atoms with van der Waals surface area (Å²) in [5.41, 5.74) is -1.18. The Bertz CT molecular complexity index is 429. The molecule has 40 heavy (non-hydrogen) atoms. The van der Waals surface area contributed by atoms with Crippen LogP contribution in [-0.2, 0) is 0 Å². The summed E-state index contributed by atoms with van der Waals surface area (Å²) in [6.07, 6.45) is 0. The Hall–Kier alpha value is -0.640. The van der Waals surface area contributed by atoms with Crippen molar-refractivity contribution in [2.45, 2.75) is 5.54 Å². The largest absolute Gasteiger partial charge is 0.395 e. The fourth-order valence-electron chi connectivity index (χ4n) is 3.56. The van der Waals surface area contributed by atoms with Crippen molar-refractivity contribution in [1.82, 2.24) is 19.6 Å². The zero-order valence-corrected chi connectivity index (χ0v) is 23.9. The highest BCUT2D eigenvalue weighted by atomic mass is 16.3. The first-order valence-electron chi connectivity index (χ1n) is 13.6. The van der Waals surface area contributed by atoms with Crippen molar-refractivity contribution in [2.24, 2.45) is 0 Å². The number of aliphatic hydroxyl groups is 12. The molecule has 0 aromatic heterocycles. The Labute approximate surface area is 238 Å². The molecule has 0 aliphatic heterocycles. The van der Waals surface area contributed by atoms with Crippen LogP contribution in [0.4, 0.5) is 0 Å². The summed E-state index contributed by atoms with van der Waals surface area (Å²) in [5.74, 6) is 0. The van der Waals surface area contributed by atoms with Crippen LogP contribution in [0.15, 0.2) is 0 Å². The molecule has 0 saturated heterocycles. The molecule has 0 fully saturated rings. The fourth-order valence-corrected chi connectivity index (χ4v) is 3.56. The highest BCUT2D eigenvalue weighted by Crippen LogP contribution is 2.13. The van der Waals surface area contributed by atoms with E-state index in [9.17, 15) is 0 Å². The maximum atomic E-state index is 9.08. The Balaban J connectivity index is -0.000000527. The van der Waals surface area contributed by atoms with E-state index >= 15 is 0 Å². The lowest BCUT2D eigenvalue weighted by atomic mass is 10.0. The maximum absolute atomic E-state index is 9.08. The van der Waals surface area contributed by atoms with E-state index in [0.29, 0.717) is 58.9 Å². The number of rotatable bonds is 25. The summed E-state index contributed by atoms with van der Waals surface area (Å²) >= 11 is 0. The molecule has 0 atom stereocenters. The molecule has 0 radical (unpaired) electrons. The molecule has 0 aromatic rings. The van der Waals surface area contributed by atoms with Gasteiger partial charge in [0.15, 0.2) is 0 Å². The predicted octanol–water partition coefficient (Wildman–Crippen LogP) is -7.19. The van der Waals surface area contributed by atoms with Gasteiger partial charge >= 0.3 is 0 Å². The van der Waals surface area contributed by atoms with Crippen molar-refractivity contribution < 1.29 is 61.3 Å². The Kier molecular flexibility index (Phi) is 36.0. The molecule has 0 rings (SSSR count). The summed E-state index contributed by atoms with van der Waals surface area (Å²) < 4.78 is 0. The van der Waals surface area contributed by atoms with Crippen LogP contribution in [-0.4, -0.2) is 238 Å². The first kappa shape index (κ1) is 43.8. The van der Waals surface area contributed by atoms with E-state index < -0.39 is 25.4 Å². The van der Waals surface area contributed by atoms with Crippen LogP contribution in [0.3, 0.4) is 0 Å². The van der Waals surface area contributed by atoms with Crippen molar-refractivity contribution in [3.63, 3.8) is 0 Å². The van der Waals surface area contributed by atoms with Gasteiger partial charge in [-0.05, 0) is 0 Å². The Morgan fingerprint density at radius 2 is 0.475 bits per heavy atom. The summed E-state index contributed by atoms with van der Waals surface area (Å²) in [7, 11) is 0. The zero-order chi connectivity index (χ0) is 31.1. The molecule has 0 amide bonds. The molecule has 16 nitrogen and oxygen atoms in total. The molecule has 0 heterocycles. The zero-order valence-electron chi connectivity index (χ0n) is 23.9. The van der Waals surface area contributed by atoms with Gasteiger partial charge in [0.2, 0.25) is 0 Å². The molecule has 0 unspecified atom stereocenters. The minimum absolute atomic E-state index is 0.0694. The molecule has 0 aliphatic carbocycles. The van der Waals surface area contributed by atoms with Crippen molar-refractivity contribution in [2.75, 3.05) is 151 Å². The first-order chi connectivity index (χ1) is 19.3. The molecule has 0 spiro atoms. The van der Waals surface area contributed by atoms with E-state index in [-0.39, 0.29) is 72.6 Å². The minimum atomic E-state index is -1.18. The molecule has 12 N–H and O–H groups in total. The quantitative estimate of drug-likeness (QED) is 0.0469. The highest BCUT2D eigenvalue weighted by Gasteiger charge is 2.34. The van der Waals surface area contributed by atoms with Crippen LogP contribution in [0.5, 0.6) is 0 Å². The van der Waals surface area contributed by atoms with Crippen LogP contribution in [0, 0.1) is 0 Å². The third-order valence-electron chi connectivity index (χ3n) is 5.94. The van der Waals surface area contributed by atoms with E-state index in [1.54, 1.807) is 4.90 Å². The van der Waals surface area contributed by atoms with Crippen molar-refractivity contribution >= 4 is 0 Å². The standard InChI is InChI=1S/C10H24N2O4.C8H19NO5.C6H15NO3/c13-7-3-11(4-8-14)1-2-12(5-9-15)6-10-16;10-3-1-9(2-4-11)8(5-12,6-13)7-14;8-4-1-7(2-5-9)3-6-10/h13-16H,1-10H2;10-14H,1-7H2;8-10H,1-6H2. The molecule has 0 saturated carbocycles. The van der Waals surface area contributed by atoms with Crippen LogP contribution in [0.1, 0.15) is 0 Å². The smallest absolute Gasteiger partial charge is 0.0908 e. The normalized spacial score (nSPS) is 11.7.